The number of para-hydroxylation sites is 1. The minimum atomic E-state index is -0.303. The van der Waals surface area contributed by atoms with E-state index < -0.39 is 0 Å². The van der Waals surface area contributed by atoms with Gasteiger partial charge in [-0.05, 0) is 52.7 Å². The predicted octanol–water partition coefficient (Wildman–Crippen LogP) is 3.22. The van der Waals surface area contributed by atoms with Crippen LogP contribution in [0.3, 0.4) is 0 Å². The molecule has 0 aromatic heterocycles. The standard InChI is InChI=1S/C16H24N2O2.Cu/c1-15(2)9-13(10-16(3,4)18(15)20)17-11-12-7-5-6-8-14(12)19;/h5-8,11,13,19-20H,9-10H2,1-4H3;. The van der Waals surface area contributed by atoms with Crippen LogP contribution in [0.25, 0.3) is 0 Å². The number of hydroxylamine groups is 2. The molecule has 1 aromatic carbocycles. The van der Waals surface area contributed by atoms with E-state index in [0.29, 0.717) is 0 Å². The summed E-state index contributed by atoms with van der Waals surface area (Å²) in [5.74, 6) is 0.245. The molecule has 5 heteroatoms. The first-order chi connectivity index (χ1) is 9.22. The second-order valence-corrected chi connectivity index (χ2v) is 6.84. The Labute approximate surface area is 137 Å². The molecule has 1 fully saturated rings. The zero-order valence-electron chi connectivity index (χ0n) is 13.0. The van der Waals surface area contributed by atoms with Gasteiger partial charge in [0.15, 0.2) is 0 Å². The summed E-state index contributed by atoms with van der Waals surface area (Å²) in [6.07, 6.45) is 3.31. The molecule has 4 nitrogen and oxygen atoms in total. The summed E-state index contributed by atoms with van der Waals surface area (Å²) < 4.78 is 0. The molecule has 1 saturated heterocycles. The van der Waals surface area contributed by atoms with Crippen LogP contribution in [-0.4, -0.2) is 38.7 Å². The fraction of sp³-hybridized carbons (Fsp3) is 0.562. The average molecular weight is 340 g/mol. The Morgan fingerprint density at radius 1 is 1.14 bits per heavy atom. The van der Waals surface area contributed by atoms with Crippen molar-refractivity contribution in [1.82, 2.24) is 5.06 Å². The Balaban J connectivity index is 0.00000220. The third kappa shape index (κ3) is 4.07. The maximum absolute atomic E-state index is 10.3. The zero-order chi connectivity index (χ0) is 15.0. The Morgan fingerprint density at radius 2 is 1.67 bits per heavy atom. The number of rotatable bonds is 2. The third-order valence-electron chi connectivity index (χ3n) is 3.98. The molecular weight excluding hydrogens is 316 g/mol. The summed E-state index contributed by atoms with van der Waals surface area (Å²) in [5, 5.41) is 21.5. The number of aromatic hydroxyl groups is 1. The van der Waals surface area contributed by atoms with Gasteiger partial charge in [-0.2, -0.15) is 5.06 Å². The van der Waals surface area contributed by atoms with Gasteiger partial charge in [0.05, 0.1) is 6.04 Å². The van der Waals surface area contributed by atoms with Gasteiger partial charge in [0.2, 0.25) is 0 Å². The van der Waals surface area contributed by atoms with Gasteiger partial charge in [0.25, 0.3) is 0 Å². The molecule has 121 valence electrons. The van der Waals surface area contributed by atoms with Crippen molar-refractivity contribution in [2.45, 2.75) is 57.7 Å². The van der Waals surface area contributed by atoms with Crippen molar-refractivity contribution in [3.05, 3.63) is 29.8 Å². The first kappa shape index (κ1) is 18.2. The van der Waals surface area contributed by atoms with Crippen molar-refractivity contribution in [3.8, 4) is 5.75 Å². The largest absolute Gasteiger partial charge is 0.507 e. The van der Waals surface area contributed by atoms with E-state index in [0.717, 1.165) is 18.4 Å². The molecule has 0 saturated carbocycles. The molecule has 2 rings (SSSR count). The second-order valence-electron chi connectivity index (χ2n) is 6.84. The molecule has 0 aliphatic carbocycles. The molecule has 0 atom stereocenters. The van der Waals surface area contributed by atoms with E-state index in [1.807, 2.05) is 39.8 Å². The van der Waals surface area contributed by atoms with Crippen molar-refractivity contribution < 1.29 is 27.4 Å². The van der Waals surface area contributed by atoms with Crippen LogP contribution in [0, 0.1) is 0 Å². The molecule has 1 aliphatic heterocycles. The predicted molar refractivity (Wildman–Crippen MR) is 80.5 cm³/mol. The summed E-state index contributed by atoms with van der Waals surface area (Å²) in [5.41, 5.74) is 0.125. The Morgan fingerprint density at radius 3 is 2.19 bits per heavy atom. The van der Waals surface area contributed by atoms with E-state index in [9.17, 15) is 10.3 Å². The van der Waals surface area contributed by atoms with Crippen LogP contribution in [0.5, 0.6) is 5.75 Å². The summed E-state index contributed by atoms with van der Waals surface area (Å²) in [4.78, 5) is 4.62. The first-order valence-corrected chi connectivity index (χ1v) is 7.03. The van der Waals surface area contributed by atoms with Crippen LogP contribution in [-0.2, 0) is 17.1 Å². The number of aliphatic imine (C=N–C) groups is 1. The van der Waals surface area contributed by atoms with Gasteiger partial charge in [0, 0.05) is 39.9 Å². The van der Waals surface area contributed by atoms with Crippen LogP contribution < -0.4 is 0 Å². The zero-order valence-corrected chi connectivity index (χ0v) is 13.9. The van der Waals surface area contributed by atoms with Gasteiger partial charge in [-0.1, -0.05) is 12.1 Å². The molecule has 1 heterocycles. The van der Waals surface area contributed by atoms with Gasteiger partial charge in [-0.25, -0.2) is 0 Å². The minimum Gasteiger partial charge on any atom is -0.507 e. The molecule has 0 spiro atoms. The van der Waals surface area contributed by atoms with Crippen molar-refractivity contribution in [1.29, 1.82) is 0 Å². The van der Waals surface area contributed by atoms with Crippen LogP contribution in [0.4, 0.5) is 0 Å². The summed E-state index contributed by atoms with van der Waals surface area (Å²) in [7, 11) is 0. The Hall–Kier alpha value is -0.871. The molecule has 0 bridgehead atoms. The van der Waals surface area contributed by atoms with Crippen molar-refractivity contribution in [2.24, 2.45) is 4.99 Å². The normalized spacial score (nSPS) is 22.1. The molecule has 2 N–H and O–H groups in total. The summed E-state index contributed by atoms with van der Waals surface area (Å²) >= 11 is 0. The van der Waals surface area contributed by atoms with Crippen LogP contribution in [0.1, 0.15) is 46.1 Å². The van der Waals surface area contributed by atoms with Gasteiger partial charge >= 0.3 is 0 Å². The van der Waals surface area contributed by atoms with E-state index >= 15 is 0 Å². The maximum atomic E-state index is 10.3. The van der Waals surface area contributed by atoms with Gasteiger partial charge < -0.3 is 10.3 Å². The van der Waals surface area contributed by atoms with Gasteiger partial charge in [-0.15, -0.1) is 0 Å². The van der Waals surface area contributed by atoms with E-state index in [1.165, 1.54) is 5.06 Å². The fourth-order valence-electron chi connectivity index (χ4n) is 3.11. The van der Waals surface area contributed by atoms with E-state index in [4.69, 9.17) is 0 Å². The molecular formula is C16H24CuN2O2. The topological polar surface area (TPSA) is 56.1 Å². The van der Waals surface area contributed by atoms with E-state index in [2.05, 4.69) is 4.99 Å². The number of nitrogens with zero attached hydrogens (tertiary/aromatic N) is 2. The number of phenols is 1. The van der Waals surface area contributed by atoms with Gasteiger partial charge in [0.1, 0.15) is 5.75 Å². The summed E-state index contributed by atoms with van der Waals surface area (Å²) in [6, 6.07) is 7.32. The number of hydrogen-bond acceptors (Lipinski definition) is 4. The second kappa shape index (κ2) is 6.49. The molecule has 0 amide bonds. The van der Waals surface area contributed by atoms with Crippen molar-refractivity contribution >= 4 is 6.21 Å². The van der Waals surface area contributed by atoms with Crippen LogP contribution >= 0.6 is 0 Å². The SMILES string of the molecule is CC1(C)CC(N=Cc2ccccc2O)CC(C)(C)N1O.[Cu]. The third-order valence-corrected chi connectivity index (χ3v) is 3.98. The Kier molecular flexibility index (Phi) is 5.62. The average Bonchev–Trinajstić information content (AvgIpc) is 2.34. The summed E-state index contributed by atoms with van der Waals surface area (Å²) in [6.45, 7) is 8.10. The van der Waals surface area contributed by atoms with E-state index in [1.54, 1.807) is 18.3 Å². The molecule has 0 unspecified atom stereocenters. The monoisotopic (exact) mass is 339 g/mol. The quantitative estimate of drug-likeness (QED) is 0.642. The first-order valence-electron chi connectivity index (χ1n) is 7.03. The Bertz CT molecular complexity index is 497. The molecule has 1 aliphatic rings. The van der Waals surface area contributed by atoms with Crippen LogP contribution in [0.15, 0.2) is 29.3 Å². The number of hydrogen-bond donors (Lipinski definition) is 2. The fourth-order valence-corrected chi connectivity index (χ4v) is 3.11. The van der Waals surface area contributed by atoms with Gasteiger partial charge in [-0.3, -0.25) is 4.99 Å². The number of piperidine rings is 1. The maximum Gasteiger partial charge on any atom is 0.124 e. The van der Waals surface area contributed by atoms with Crippen molar-refractivity contribution in [2.75, 3.05) is 0 Å². The van der Waals surface area contributed by atoms with Crippen LogP contribution in [0.2, 0.25) is 0 Å². The van der Waals surface area contributed by atoms with Crippen molar-refractivity contribution in [3.63, 3.8) is 0 Å². The minimum absolute atomic E-state index is 0. The molecule has 21 heavy (non-hydrogen) atoms. The number of benzene rings is 1. The molecule has 1 radical (unpaired) electrons. The number of phenolic OH excluding ortho intramolecular Hbond substituents is 1. The molecule has 1 aromatic rings. The smallest absolute Gasteiger partial charge is 0.124 e. The van der Waals surface area contributed by atoms with E-state index in [-0.39, 0.29) is 39.9 Å².